The fraction of sp³-hybridized carbons (Fsp3) is 0.152. The first-order chi connectivity index (χ1) is 21.8. The van der Waals surface area contributed by atoms with Gasteiger partial charge in [0.2, 0.25) is 11.8 Å². The second-order valence-electron chi connectivity index (χ2n) is 10.5. The van der Waals surface area contributed by atoms with Crippen molar-refractivity contribution in [3.05, 3.63) is 111 Å². The molecule has 0 aliphatic carbocycles. The van der Waals surface area contributed by atoms with Crippen molar-refractivity contribution in [2.75, 3.05) is 23.9 Å². The van der Waals surface area contributed by atoms with E-state index in [2.05, 4.69) is 10.3 Å². The third kappa shape index (κ3) is 5.25. The number of carbonyl (C=O) groups is 3. The molecular formula is C33H24FN3O6S2. The predicted octanol–water partition coefficient (Wildman–Crippen LogP) is 5.55. The normalized spacial score (nSPS) is 18.9. The number of hydrogen-bond donors (Lipinski definition) is 2. The average molecular weight is 642 g/mol. The van der Waals surface area contributed by atoms with Gasteiger partial charge in [0.25, 0.3) is 5.91 Å². The molecular weight excluding hydrogens is 618 g/mol. The van der Waals surface area contributed by atoms with Crippen LogP contribution in [0.3, 0.4) is 0 Å². The summed E-state index contributed by atoms with van der Waals surface area (Å²) in [6.45, 7) is -0.281. The largest absolute Gasteiger partial charge is 0.493 e. The number of carbonyl (C=O) groups excluding carboxylic acids is 3. The quantitative estimate of drug-likeness (QED) is 0.224. The molecule has 7 rings (SSSR count). The summed E-state index contributed by atoms with van der Waals surface area (Å²) in [5.41, 5.74) is 1.55. The Kier molecular flexibility index (Phi) is 7.38. The van der Waals surface area contributed by atoms with Crippen LogP contribution in [-0.4, -0.2) is 41.7 Å². The van der Waals surface area contributed by atoms with Gasteiger partial charge in [0.15, 0.2) is 18.1 Å². The number of benzene rings is 4. The molecule has 1 aromatic heterocycles. The number of aromatic nitrogens is 1. The van der Waals surface area contributed by atoms with Crippen molar-refractivity contribution in [1.82, 2.24) is 4.98 Å². The number of amides is 3. The van der Waals surface area contributed by atoms with Crippen LogP contribution in [0.25, 0.3) is 10.8 Å². The van der Waals surface area contributed by atoms with Crippen LogP contribution in [0.15, 0.2) is 94.7 Å². The minimum Gasteiger partial charge on any atom is -0.493 e. The number of nitrogens with zero attached hydrogens (tertiary/aromatic N) is 1. The van der Waals surface area contributed by atoms with E-state index in [0.717, 1.165) is 38.8 Å². The Morgan fingerprint density at radius 2 is 1.71 bits per heavy atom. The van der Waals surface area contributed by atoms with Gasteiger partial charge in [-0.15, -0.1) is 0 Å². The van der Waals surface area contributed by atoms with Crippen molar-refractivity contribution in [1.29, 1.82) is 0 Å². The maximum absolute atomic E-state index is 13.9. The summed E-state index contributed by atoms with van der Waals surface area (Å²) in [5.74, 6) is -2.56. The van der Waals surface area contributed by atoms with Crippen molar-refractivity contribution in [3.8, 4) is 11.5 Å². The van der Waals surface area contributed by atoms with E-state index in [0.29, 0.717) is 32.7 Å². The Hall–Kier alpha value is -4.94. The van der Waals surface area contributed by atoms with Crippen molar-refractivity contribution in [2.45, 2.75) is 16.2 Å². The molecule has 2 aliphatic rings. The van der Waals surface area contributed by atoms with Crippen LogP contribution in [0, 0.1) is 11.7 Å². The molecule has 12 heteroatoms. The van der Waals surface area contributed by atoms with Crippen molar-refractivity contribution in [2.24, 2.45) is 5.92 Å². The zero-order valence-corrected chi connectivity index (χ0v) is 25.2. The highest BCUT2D eigenvalue weighted by atomic mass is 32.2. The molecule has 226 valence electrons. The molecule has 2 aliphatic heterocycles. The molecule has 3 atom stereocenters. The lowest BCUT2D eigenvalue weighted by molar-refractivity contribution is -0.122. The summed E-state index contributed by atoms with van der Waals surface area (Å²) in [4.78, 5) is 56.8. The minimum absolute atomic E-state index is 0.278. The molecule has 3 amide bonds. The first-order valence-electron chi connectivity index (χ1n) is 13.9. The summed E-state index contributed by atoms with van der Waals surface area (Å²) in [6, 6.07) is 23.7. The molecule has 2 N–H and O–H groups in total. The number of aromatic amines is 1. The van der Waals surface area contributed by atoms with Gasteiger partial charge >= 0.3 is 4.87 Å². The zero-order chi connectivity index (χ0) is 31.2. The maximum atomic E-state index is 13.9. The number of hydrogen-bond acceptors (Lipinski definition) is 8. The van der Waals surface area contributed by atoms with E-state index in [-0.39, 0.29) is 23.1 Å². The fourth-order valence-corrected chi connectivity index (χ4v) is 8.34. The number of methoxy groups -OCH3 is 1. The number of rotatable bonds is 7. The maximum Gasteiger partial charge on any atom is 0.305 e. The smallest absolute Gasteiger partial charge is 0.305 e. The Morgan fingerprint density at radius 3 is 2.49 bits per heavy atom. The van der Waals surface area contributed by atoms with Gasteiger partial charge in [0.05, 0.1) is 23.7 Å². The number of anilines is 2. The molecule has 4 aromatic carbocycles. The van der Waals surface area contributed by atoms with Crippen LogP contribution in [-0.2, 0) is 14.4 Å². The number of imide groups is 1. The van der Waals surface area contributed by atoms with Gasteiger partial charge in [0, 0.05) is 16.5 Å². The number of H-pyrrole nitrogens is 1. The Morgan fingerprint density at radius 1 is 0.933 bits per heavy atom. The molecule has 5 aromatic rings. The first-order valence-corrected chi connectivity index (χ1v) is 15.6. The van der Waals surface area contributed by atoms with Crippen molar-refractivity contribution in [3.63, 3.8) is 0 Å². The standard InChI is InChI=1S/C33H24FN3O6S2/c1-42-24-15-19(7-13-23(24)43-16-25(38)35-21-10-6-17-4-2-3-5-18(17)14-21)26-27-29(44-30-28(26)45-33(41)36-30)32(40)37(31(27)39)22-11-8-20(34)9-12-22/h2-15,26-27,29H,16H2,1H3,(H,35,38)(H,36,41)/t26-,27-,29+/m0/s1. The zero-order valence-electron chi connectivity index (χ0n) is 23.6. The topological polar surface area (TPSA) is 118 Å². The number of ether oxygens (including phenoxy) is 2. The minimum atomic E-state index is -0.823. The van der Waals surface area contributed by atoms with Crippen LogP contribution in [0.5, 0.6) is 11.5 Å². The molecule has 0 bridgehead atoms. The van der Waals surface area contributed by atoms with Gasteiger partial charge in [-0.2, -0.15) is 0 Å². The summed E-state index contributed by atoms with van der Waals surface area (Å²) >= 11 is 2.14. The lowest BCUT2D eigenvalue weighted by Gasteiger charge is -2.30. The molecule has 45 heavy (non-hydrogen) atoms. The molecule has 0 unspecified atom stereocenters. The van der Waals surface area contributed by atoms with E-state index < -0.39 is 34.7 Å². The Labute approximate surface area is 264 Å². The molecule has 0 radical (unpaired) electrons. The Bertz CT molecular complexity index is 2040. The van der Waals surface area contributed by atoms with Gasteiger partial charge in [-0.05, 0) is 64.9 Å². The van der Waals surface area contributed by atoms with Gasteiger partial charge < -0.3 is 19.8 Å². The van der Waals surface area contributed by atoms with Gasteiger partial charge in [0.1, 0.15) is 11.1 Å². The highest BCUT2D eigenvalue weighted by Gasteiger charge is 2.56. The summed E-state index contributed by atoms with van der Waals surface area (Å²) in [5, 5.41) is 4.63. The highest BCUT2D eigenvalue weighted by Crippen LogP contribution is 2.53. The molecule has 1 fully saturated rings. The second kappa shape index (κ2) is 11.5. The van der Waals surface area contributed by atoms with Crippen LogP contribution in [0.1, 0.15) is 16.4 Å². The molecule has 0 saturated carbocycles. The lowest BCUT2D eigenvalue weighted by atomic mass is 9.83. The van der Waals surface area contributed by atoms with E-state index in [1.807, 2.05) is 42.5 Å². The van der Waals surface area contributed by atoms with E-state index >= 15 is 0 Å². The van der Waals surface area contributed by atoms with E-state index in [1.54, 1.807) is 18.2 Å². The van der Waals surface area contributed by atoms with Crippen molar-refractivity contribution < 1.29 is 28.2 Å². The number of fused-ring (bicyclic) bond motifs is 3. The number of halogens is 1. The van der Waals surface area contributed by atoms with Crippen LogP contribution in [0.4, 0.5) is 15.8 Å². The van der Waals surface area contributed by atoms with Gasteiger partial charge in [-0.3, -0.25) is 19.2 Å². The summed E-state index contributed by atoms with van der Waals surface area (Å²) < 4.78 is 25.0. The summed E-state index contributed by atoms with van der Waals surface area (Å²) in [6.07, 6.45) is 0. The van der Waals surface area contributed by atoms with Crippen LogP contribution >= 0.6 is 23.1 Å². The monoisotopic (exact) mass is 641 g/mol. The average Bonchev–Trinajstić information content (AvgIpc) is 3.54. The third-order valence-electron chi connectivity index (χ3n) is 7.85. The molecule has 0 spiro atoms. The predicted molar refractivity (Wildman–Crippen MR) is 170 cm³/mol. The lowest BCUT2D eigenvalue weighted by Crippen LogP contribution is -2.32. The first kappa shape index (κ1) is 28.8. The van der Waals surface area contributed by atoms with E-state index in [4.69, 9.17) is 9.47 Å². The molecule has 9 nitrogen and oxygen atoms in total. The summed E-state index contributed by atoms with van der Waals surface area (Å²) in [7, 11) is 1.46. The third-order valence-corrected chi connectivity index (χ3v) is 10.2. The van der Waals surface area contributed by atoms with Gasteiger partial charge in [-0.1, -0.05) is 59.5 Å². The number of thiazole rings is 1. The van der Waals surface area contributed by atoms with Crippen LogP contribution in [0.2, 0.25) is 0 Å². The van der Waals surface area contributed by atoms with Crippen molar-refractivity contribution >= 4 is 63.0 Å². The SMILES string of the molecule is COc1cc([C@@H]2c3sc(=O)[nH]c3S[C@H]3C(=O)N(c4ccc(F)cc4)C(=O)[C@@H]23)ccc1OCC(=O)Nc1ccc2ccccc2c1. The molecule has 1 saturated heterocycles. The fourth-order valence-electron chi connectivity index (χ4n) is 5.83. The molecule has 3 heterocycles. The Balaban J connectivity index is 1.15. The number of nitrogens with one attached hydrogen (secondary N) is 2. The number of thioether (sulfide) groups is 1. The van der Waals surface area contributed by atoms with Crippen LogP contribution < -0.4 is 24.6 Å². The van der Waals surface area contributed by atoms with E-state index in [9.17, 15) is 23.6 Å². The second-order valence-corrected chi connectivity index (χ2v) is 12.7. The van der Waals surface area contributed by atoms with Gasteiger partial charge in [-0.25, -0.2) is 9.29 Å². The highest BCUT2D eigenvalue weighted by molar-refractivity contribution is 8.00. The van der Waals surface area contributed by atoms with E-state index in [1.165, 1.54) is 31.4 Å².